The number of carbonyl (C=O) groups excluding carboxylic acids is 3. The Morgan fingerprint density at radius 2 is 1.59 bits per heavy atom. The van der Waals surface area contributed by atoms with E-state index in [1.165, 1.54) is 17.0 Å². The van der Waals surface area contributed by atoms with Crippen molar-refractivity contribution in [2.24, 2.45) is 5.92 Å². The first-order valence-corrected chi connectivity index (χ1v) is 16.0. The molecule has 222 valence electrons. The molecular formula is C31H41N3O6S. The van der Waals surface area contributed by atoms with Crippen molar-refractivity contribution in [1.82, 2.24) is 14.9 Å². The molecule has 0 unspecified atom stereocenters. The highest BCUT2D eigenvalue weighted by Crippen LogP contribution is 2.34. The number of ether oxygens (including phenoxy) is 1. The van der Waals surface area contributed by atoms with E-state index in [0.29, 0.717) is 32.2 Å². The average Bonchev–Trinajstić information content (AvgIpc) is 3.46. The van der Waals surface area contributed by atoms with Gasteiger partial charge >= 0.3 is 6.09 Å². The summed E-state index contributed by atoms with van der Waals surface area (Å²) in [5.74, 6) is -0.578. The molecule has 41 heavy (non-hydrogen) atoms. The maximum Gasteiger partial charge on any atom is 0.408 e. The molecule has 9 nitrogen and oxygen atoms in total. The van der Waals surface area contributed by atoms with Gasteiger partial charge in [-0.1, -0.05) is 81.6 Å². The van der Waals surface area contributed by atoms with Crippen molar-refractivity contribution in [2.75, 3.05) is 6.54 Å². The second kappa shape index (κ2) is 13.6. The number of carbonyl (C=O) groups is 3. The van der Waals surface area contributed by atoms with Crippen molar-refractivity contribution >= 4 is 27.8 Å². The van der Waals surface area contributed by atoms with Crippen LogP contribution in [0.2, 0.25) is 0 Å². The van der Waals surface area contributed by atoms with Gasteiger partial charge in [-0.25, -0.2) is 13.2 Å². The van der Waals surface area contributed by atoms with Crippen LogP contribution in [-0.4, -0.2) is 55.3 Å². The highest BCUT2D eigenvalue weighted by Gasteiger charge is 2.49. The smallest absolute Gasteiger partial charge is 0.408 e. The molecule has 2 aromatic rings. The summed E-state index contributed by atoms with van der Waals surface area (Å²) in [6.45, 7) is 4.28. The van der Waals surface area contributed by atoms with Crippen molar-refractivity contribution < 1.29 is 27.5 Å². The Bertz CT molecular complexity index is 1290. The number of sulfonamides is 1. The van der Waals surface area contributed by atoms with Crippen LogP contribution in [0.15, 0.2) is 65.6 Å². The minimum atomic E-state index is -3.95. The zero-order valence-corrected chi connectivity index (χ0v) is 24.7. The summed E-state index contributed by atoms with van der Waals surface area (Å²) in [6.07, 6.45) is 4.17. The lowest BCUT2D eigenvalue weighted by Gasteiger charge is -2.40. The molecule has 2 aromatic carbocycles. The van der Waals surface area contributed by atoms with Crippen LogP contribution in [-0.2, 0) is 31.0 Å². The predicted molar refractivity (Wildman–Crippen MR) is 155 cm³/mol. The minimum absolute atomic E-state index is 0.0323. The molecule has 2 aliphatic rings. The number of rotatable bonds is 11. The van der Waals surface area contributed by atoms with Crippen molar-refractivity contribution in [3.8, 4) is 0 Å². The number of nitrogens with zero attached hydrogens (tertiary/aromatic N) is 1. The third-order valence-electron chi connectivity index (χ3n) is 7.93. The molecular weight excluding hydrogens is 542 g/mol. The second-order valence-electron chi connectivity index (χ2n) is 11.5. The summed E-state index contributed by atoms with van der Waals surface area (Å²) in [5, 5.41) is 2.90. The lowest BCUT2D eigenvalue weighted by Crippen LogP contribution is -2.62. The molecule has 2 atom stereocenters. The number of Topliss-reactive ketones (excluding diaryl/α,β-unsaturated/α-hetero) is 1. The Balaban J connectivity index is 1.51. The van der Waals surface area contributed by atoms with Crippen LogP contribution in [0.3, 0.4) is 0 Å². The van der Waals surface area contributed by atoms with Crippen LogP contribution >= 0.6 is 0 Å². The van der Waals surface area contributed by atoms with Gasteiger partial charge in [0.25, 0.3) is 0 Å². The first-order valence-electron chi connectivity index (χ1n) is 14.5. The Morgan fingerprint density at radius 3 is 2.22 bits per heavy atom. The quantitative estimate of drug-likeness (QED) is 0.400. The highest BCUT2D eigenvalue weighted by molar-refractivity contribution is 7.89. The number of hydrogen-bond acceptors (Lipinski definition) is 6. The van der Waals surface area contributed by atoms with Gasteiger partial charge in [-0.05, 0) is 55.7 Å². The zero-order chi connectivity index (χ0) is 29.5. The largest absolute Gasteiger partial charge is 0.445 e. The molecule has 0 bridgehead atoms. The Hall–Kier alpha value is -3.24. The van der Waals surface area contributed by atoms with E-state index < -0.39 is 39.6 Å². The molecule has 1 heterocycles. The summed E-state index contributed by atoms with van der Waals surface area (Å²) in [6, 6.07) is 15.5. The third kappa shape index (κ3) is 7.74. The van der Waals surface area contributed by atoms with Gasteiger partial charge in [0.2, 0.25) is 15.9 Å². The van der Waals surface area contributed by atoms with Crippen LogP contribution in [0.5, 0.6) is 0 Å². The molecule has 2 amide bonds. The molecule has 1 aliphatic carbocycles. The van der Waals surface area contributed by atoms with Gasteiger partial charge < -0.3 is 15.0 Å². The fourth-order valence-corrected chi connectivity index (χ4v) is 7.11. The van der Waals surface area contributed by atoms with Crippen molar-refractivity contribution in [2.45, 2.75) is 94.3 Å². The molecule has 0 radical (unpaired) electrons. The summed E-state index contributed by atoms with van der Waals surface area (Å²) < 4.78 is 34.3. The zero-order valence-electron chi connectivity index (χ0n) is 23.9. The molecule has 2 fully saturated rings. The molecule has 0 aromatic heterocycles. The summed E-state index contributed by atoms with van der Waals surface area (Å²) in [4.78, 5) is 42.6. The standard InChI is InChI=1S/C31H41N3O6S/c1-23(2)21-26(33-41(38,39)25-15-8-4-9-16-25)29(36)34-20-12-17-27(34)28(35)31(18-10-5-11-19-31)32-30(37)40-22-24-13-6-3-7-14-24/h3-4,6-9,13-16,23,26-27,33H,5,10-12,17-22H2,1-2H3,(H,32,37)/t26-,27+/m1/s1. The van der Waals surface area contributed by atoms with Gasteiger partial charge in [-0.2, -0.15) is 4.72 Å². The molecule has 10 heteroatoms. The Morgan fingerprint density at radius 1 is 0.951 bits per heavy atom. The maximum absolute atomic E-state index is 14.2. The SMILES string of the molecule is CC(C)C[C@@H](NS(=O)(=O)c1ccccc1)C(=O)N1CCC[C@H]1C(=O)C1(NC(=O)OCc2ccccc2)CCCCC1. The molecule has 0 spiro atoms. The van der Waals surface area contributed by atoms with Gasteiger partial charge in [0.05, 0.1) is 10.9 Å². The van der Waals surface area contributed by atoms with Crippen molar-refractivity contribution in [3.05, 3.63) is 66.2 Å². The normalized spacial score (nSPS) is 19.5. The van der Waals surface area contributed by atoms with Crippen LogP contribution in [0.25, 0.3) is 0 Å². The van der Waals surface area contributed by atoms with E-state index in [9.17, 15) is 22.8 Å². The number of ketones is 1. The molecule has 1 saturated heterocycles. The van der Waals surface area contributed by atoms with Gasteiger partial charge in [0.1, 0.15) is 18.2 Å². The summed E-state index contributed by atoms with van der Waals surface area (Å²) in [7, 11) is -3.95. The lowest BCUT2D eigenvalue weighted by atomic mass is 9.76. The molecule has 4 rings (SSSR count). The van der Waals surface area contributed by atoms with E-state index in [1.54, 1.807) is 18.2 Å². The number of benzene rings is 2. The average molecular weight is 584 g/mol. The van der Waals surface area contributed by atoms with E-state index in [-0.39, 0.29) is 29.6 Å². The van der Waals surface area contributed by atoms with E-state index >= 15 is 0 Å². The van der Waals surface area contributed by atoms with Gasteiger partial charge in [0.15, 0.2) is 5.78 Å². The minimum Gasteiger partial charge on any atom is -0.445 e. The van der Waals surface area contributed by atoms with Crippen LogP contribution < -0.4 is 10.0 Å². The second-order valence-corrected chi connectivity index (χ2v) is 13.2. The topological polar surface area (TPSA) is 122 Å². The van der Waals surface area contributed by atoms with Crippen LogP contribution in [0.1, 0.15) is 70.8 Å². The van der Waals surface area contributed by atoms with Crippen LogP contribution in [0.4, 0.5) is 4.79 Å². The van der Waals surface area contributed by atoms with Gasteiger partial charge in [-0.15, -0.1) is 0 Å². The number of alkyl carbamates (subject to hydrolysis) is 1. The summed E-state index contributed by atoms with van der Waals surface area (Å²) in [5.41, 5.74) is -0.287. The number of likely N-dealkylation sites (tertiary alicyclic amines) is 1. The van der Waals surface area contributed by atoms with E-state index in [4.69, 9.17) is 4.74 Å². The number of amides is 2. The van der Waals surface area contributed by atoms with Crippen molar-refractivity contribution in [1.29, 1.82) is 0 Å². The summed E-state index contributed by atoms with van der Waals surface area (Å²) >= 11 is 0. The lowest BCUT2D eigenvalue weighted by molar-refractivity contribution is -0.142. The monoisotopic (exact) mass is 583 g/mol. The highest BCUT2D eigenvalue weighted by atomic mass is 32.2. The first-order chi connectivity index (χ1) is 19.6. The maximum atomic E-state index is 14.2. The Labute approximate surface area is 243 Å². The van der Waals surface area contributed by atoms with E-state index in [2.05, 4.69) is 10.0 Å². The molecule has 2 N–H and O–H groups in total. The Kier molecular flexibility index (Phi) is 10.2. The predicted octanol–water partition coefficient (Wildman–Crippen LogP) is 4.57. The van der Waals surface area contributed by atoms with Gasteiger partial charge in [0, 0.05) is 6.54 Å². The molecule has 1 saturated carbocycles. The molecule has 1 aliphatic heterocycles. The number of hydrogen-bond donors (Lipinski definition) is 2. The van der Waals surface area contributed by atoms with E-state index in [0.717, 1.165) is 24.8 Å². The van der Waals surface area contributed by atoms with Crippen LogP contribution in [0, 0.1) is 5.92 Å². The van der Waals surface area contributed by atoms with E-state index in [1.807, 2.05) is 44.2 Å². The first kappa shape index (κ1) is 30.7. The fraction of sp³-hybridized carbons (Fsp3) is 0.516. The number of nitrogens with one attached hydrogen (secondary N) is 2. The third-order valence-corrected chi connectivity index (χ3v) is 9.42. The van der Waals surface area contributed by atoms with Crippen molar-refractivity contribution in [3.63, 3.8) is 0 Å². The van der Waals surface area contributed by atoms with Gasteiger partial charge in [-0.3, -0.25) is 9.59 Å². The fourth-order valence-electron chi connectivity index (χ4n) is 5.89.